The van der Waals surface area contributed by atoms with Gasteiger partial charge < -0.3 is 14.6 Å². The standard InChI is InChI=1S/C18H16N4OS/c24-18-21-16(14-6-1-2-9-20-14)17(15-7-4-10-23-15)22(18)12-13-5-3-8-19-11-13/h1-11,16-17H,12H2,(H,21,24). The number of hydrogen-bond donors (Lipinski definition) is 1. The van der Waals surface area contributed by atoms with Gasteiger partial charge in [-0.3, -0.25) is 9.97 Å². The highest BCUT2D eigenvalue weighted by molar-refractivity contribution is 7.80. The maximum Gasteiger partial charge on any atom is 0.170 e. The molecule has 0 radical (unpaired) electrons. The summed E-state index contributed by atoms with van der Waals surface area (Å²) < 4.78 is 5.70. The van der Waals surface area contributed by atoms with Gasteiger partial charge in [-0.15, -0.1) is 0 Å². The fraction of sp³-hybridized carbons (Fsp3) is 0.167. The van der Waals surface area contributed by atoms with E-state index in [9.17, 15) is 0 Å². The summed E-state index contributed by atoms with van der Waals surface area (Å²) in [5.41, 5.74) is 2.04. The van der Waals surface area contributed by atoms with Crippen LogP contribution in [0.3, 0.4) is 0 Å². The van der Waals surface area contributed by atoms with E-state index < -0.39 is 0 Å². The minimum Gasteiger partial charge on any atom is -0.467 e. The van der Waals surface area contributed by atoms with E-state index in [0.29, 0.717) is 11.7 Å². The summed E-state index contributed by atoms with van der Waals surface area (Å²) in [6.07, 6.45) is 7.11. The summed E-state index contributed by atoms with van der Waals surface area (Å²) in [6.45, 7) is 0.661. The quantitative estimate of drug-likeness (QED) is 0.738. The van der Waals surface area contributed by atoms with Crippen molar-refractivity contribution in [1.82, 2.24) is 20.2 Å². The molecule has 1 saturated heterocycles. The highest BCUT2D eigenvalue weighted by atomic mass is 32.1. The zero-order valence-corrected chi connectivity index (χ0v) is 13.7. The second kappa shape index (κ2) is 6.41. The Kier molecular flexibility index (Phi) is 3.96. The molecule has 4 heterocycles. The van der Waals surface area contributed by atoms with Crippen LogP contribution in [0, 0.1) is 0 Å². The Balaban J connectivity index is 1.71. The van der Waals surface area contributed by atoms with Gasteiger partial charge in [0, 0.05) is 25.1 Å². The summed E-state index contributed by atoms with van der Waals surface area (Å²) in [7, 11) is 0. The molecular formula is C18H16N4OS. The zero-order chi connectivity index (χ0) is 16.4. The molecule has 0 amide bonds. The zero-order valence-electron chi connectivity index (χ0n) is 12.9. The Morgan fingerprint density at radius 3 is 2.79 bits per heavy atom. The molecule has 3 aromatic heterocycles. The topological polar surface area (TPSA) is 54.2 Å². The van der Waals surface area contributed by atoms with Crippen LogP contribution >= 0.6 is 12.2 Å². The second-order valence-corrected chi connectivity index (χ2v) is 6.02. The minimum atomic E-state index is -0.0541. The molecule has 2 unspecified atom stereocenters. The first-order valence-corrected chi connectivity index (χ1v) is 8.14. The van der Waals surface area contributed by atoms with Crippen LogP contribution in [0.2, 0.25) is 0 Å². The summed E-state index contributed by atoms with van der Waals surface area (Å²) in [4.78, 5) is 10.8. The molecule has 1 aliphatic heterocycles. The Hall–Kier alpha value is -2.73. The normalized spacial score (nSPS) is 20.2. The van der Waals surface area contributed by atoms with E-state index in [2.05, 4.69) is 20.2 Å². The van der Waals surface area contributed by atoms with E-state index in [1.165, 1.54) is 0 Å². The number of pyridine rings is 2. The van der Waals surface area contributed by atoms with Crippen LogP contribution in [0.5, 0.6) is 0 Å². The molecule has 2 atom stereocenters. The maximum absolute atomic E-state index is 5.70. The number of furan rings is 1. The van der Waals surface area contributed by atoms with Gasteiger partial charge in [0.1, 0.15) is 11.8 Å². The Morgan fingerprint density at radius 2 is 2.08 bits per heavy atom. The lowest BCUT2D eigenvalue weighted by Gasteiger charge is -2.25. The summed E-state index contributed by atoms with van der Waals surface area (Å²) in [5, 5.41) is 4.08. The van der Waals surface area contributed by atoms with Crippen LogP contribution in [0.1, 0.15) is 29.1 Å². The molecule has 0 aliphatic carbocycles. The monoisotopic (exact) mass is 336 g/mol. The number of rotatable bonds is 4. The molecule has 1 aliphatic rings. The second-order valence-electron chi connectivity index (χ2n) is 5.63. The van der Waals surface area contributed by atoms with Crippen LogP contribution in [-0.2, 0) is 6.54 Å². The maximum atomic E-state index is 5.70. The highest BCUT2D eigenvalue weighted by Gasteiger charge is 2.41. The van der Waals surface area contributed by atoms with Gasteiger partial charge in [-0.2, -0.15) is 0 Å². The van der Waals surface area contributed by atoms with Gasteiger partial charge in [-0.1, -0.05) is 12.1 Å². The average molecular weight is 336 g/mol. The van der Waals surface area contributed by atoms with Gasteiger partial charge in [-0.05, 0) is 48.1 Å². The molecule has 24 heavy (non-hydrogen) atoms. The molecule has 6 heteroatoms. The first kappa shape index (κ1) is 14.8. The van der Waals surface area contributed by atoms with E-state index in [1.807, 2.05) is 48.7 Å². The fourth-order valence-electron chi connectivity index (χ4n) is 3.03. The lowest BCUT2D eigenvalue weighted by molar-refractivity contribution is 0.267. The molecule has 1 N–H and O–H groups in total. The van der Waals surface area contributed by atoms with Crippen molar-refractivity contribution in [2.45, 2.75) is 18.6 Å². The minimum absolute atomic E-state index is 0.0531. The van der Waals surface area contributed by atoms with Gasteiger partial charge in [0.2, 0.25) is 0 Å². The van der Waals surface area contributed by atoms with E-state index in [4.69, 9.17) is 16.6 Å². The number of nitrogens with one attached hydrogen (secondary N) is 1. The number of nitrogens with zero attached hydrogens (tertiary/aromatic N) is 3. The van der Waals surface area contributed by atoms with Crippen molar-refractivity contribution < 1.29 is 4.42 Å². The smallest absolute Gasteiger partial charge is 0.170 e. The molecule has 0 aromatic carbocycles. The van der Waals surface area contributed by atoms with Gasteiger partial charge in [0.05, 0.1) is 18.0 Å². The molecule has 0 spiro atoms. The number of aromatic nitrogens is 2. The third-order valence-electron chi connectivity index (χ3n) is 4.11. The van der Waals surface area contributed by atoms with Crippen molar-refractivity contribution in [2.75, 3.05) is 0 Å². The van der Waals surface area contributed by atoms with Crippen LogP contribution in [0.4, 0.5) is 0 Å². The molecule has 5 nitrogen and oxygen atoms in total. The van der Waals surface area contributed by atoms with Crippen molar-refractivity contribution >= 4 is 17.3 Å². The van der Waals surface area contributed by atoms with Crippen LogP contribution in [0.25, 0.3) is 0 Å². The van der Waals surface area contributed by atoms with E-state index in [1.54, 1.807) is 18.7 Å². The molecule has 3 aromatic rings. The van der Waals surface area contributed by atoms with Gasteiger partial charge in [0.15, 0.2) is 5.11 Å². The van der Waals surface area contributed by atoms with E-state index in [0.717, 1.165) is 17.0 Å². The van der Waals surface area contributed by atoms with Crippen LogP contribution in [0.15, 0.2) is 71.7 Å². The van der Waals surface area contributed by atoms with Crippen molar-refractivity contribution in [3.05, 3.63) is 84.3 Å². The van der Waals surface area contributed by atoms with Crippen molar-refractivity contribution in [3.63, 3.8) is 0 Å². The summed E-state index contributed by atoms with van der Waals surface area (Å²) in [5.74, 6) is 0.863. The molecule has 1 fully saturated rings. The lowest BCUT2D eigenvalue weighted by Crippen LogP contribution is -2.29. The third kappa shape index (κ3) is 2.76. The van der Waals surface area contributed by atoms with Gasteiger partial charge in [-0.25, -0.2) is 0 Å². The molecule has 120 valence electrons. The largest absolute Gasteiger partial charge is 0.467 e. The molecule has 4 rings (SSSR count). The van der Waals surface area contributed by atoms with Crippen LogP contribution < -0.4 is 5.32 Å². The fourth-order valence-corrected chi connectivity index (χ4v) is 3.34. The summed E-state index contributed by atoms with van der Waals surface area (Å²) >= 11 is 5.59. The predicted octanol–water partition coefficient (Wildman–Crippen LogP) is 3.24. The Labute approximate surface area is 145 Å². The van der Waals surface area contributed by atoms with Crippen molar-refractivity contribution in [2.24, 2.45) is 0 Å². The number of hydrogen-bond acceptors (Lipinski definition) is 4. The van der Waals surface area contributed by atoms with E-state index in [-0.39, 0.29) is 12.1 Å². The predicted molar refractivity (Wildman–Crippen MR) is 93.9 cm³/mol. The van der Waals surface area contributed by atoms with E-state index >= 15 is 0 Å². The van der Waals surface area contributed by atoms with Crippen LogP contribution in [-0.4, -0.2) is 20.0 Å². The average Bonchev–Trinajstić information content (AvgIpc) is 3.25. The van der Waals surface area contributed by atoms with Gasteiger partial charge in [0.25, 0.3) is 0 Å². The molecular weight excluding hydrogens is 320 g/mol. The SMILES string of the molecule is S=C1NC(c2ccccn2)C(c2ccco2)N1Cc1cccnc1. The van der Waals surface area contributed by atoms with Gasteiger partial charge >= 0.3 is 0 Å². The lowest BCUT2D eigenvalue weighted by atomic mass is 10.0. The Morgan fingerprint density at radius 1 is 1.12 bits per heavy atom. The summed E-state index contributed by atoms with van der Waals surface area (Å²) in [6, 6.07) is 13.6. The Bertz CT molecular complexity index is 808. The number of thiocarbonyl (C=S) groups is 1. The highest BCUT2D eigenvalue weighted by Crippen LogP contribution is 2.39. The molecule has 0 saturated carbocycles. The van der Waals surface area contributed by atoms with Crippen molar-refractivity contribution in [3.8, 4) is 0 Å². The first-order valence-electron chi connectivity index (χ1n) is 7.73. The molecule has 0 bridgehead atoms. The first-order chi connectivity index (χ1) is 11.8. The van der Waals surface area contributed by atoms with Crippen molar-refractivity contribution in [1.29, 1.82) is 0 Å². The third-order valence-corrected chi connectivity index (χ3v) is 4.46.